The summed E-state index contributed by atoms with van der Waals surface area (Å²) < 4.78 is 66.4. The normalized spacial score (nSPS) is 13.4. The van der Waals surface area contributed by atoms with Gasteiger partial charge in [0.1, 0.15) is 66.4 Å². The van der Waals surface area contributed by atoms with Crippen molar-refractivity contribution in [2.24, 2.45) is 0 Å². The number of anilines is 5. The second-order valence-corrected chi connectivity index (χ2v) is 36.0. The number of nitrogens with two attached hydrogens (primary N) is 1. The molecule has 7 aromatic heterocycles. The van der Waals surface area contributed by atoms with Gasteiger partial charge in [0, 0.05) is 116 Å². The number of nitrogens with one attached hydrogen (secondary N) is 9. The molecule has 2 aliphatic heterocycles. The highest BCUT2D eigenvalue weighted by Gasteiger charge is 2.31. The fraction of sp³-hybridized carbons (Fsp3) is 0.299. The van der Waals surface area contributed by atoms with Crippen molar-refractivity contribution in [3.63, 3.8) is 0 Å². The van der Waals surface area contributed by atoms with Crippen molar-refractivity contribution in [1.82, 2.24) is 46.1 Å². The second kappa shape index (κ2) is 38.6. The maximum atomic E-state index is 13.3. The van der Waals surface area contributed by atoms with Crippen molar-refractivity contribution in [1.29, 1.82) is 0 Å². The third-order valence-corrected chi connectivity index (χ3v) is 23.8. The van der Waals surface area contributed by atoms with Crippen molar-refractivity contribution < 1.29 is 74.1 Å². The monoisotopic (exact) mass is 1660 g/mol. The largest absolute Gasteiger partial charge is 0.478 e. The van der Waals surface area contributed by atoms with Crippen molar-refractivity contribution in [3.05, 3.63) is 210 Å². The zero-order chi connectivity index (χ0) is 83.5. The number of rotatable bonds is 15. The lowest BCUT2D eigenvalue weighted by molar-refractivity contribution is 0.0696. The van der Waals surface area contributed by atoms with Gasteiger partial charge in [-0.3, -0.25) is 49.7 Å². The predicted octanol–water partition coefficient (Wildman–Crippen LogP) is 11.7. The summed E-state index contributed by atoms with van der Waals surface area (Å²) in [7, 11) is -1.20. The topological polar surface area (TPSA) is 463 Å². The molecule has 0 spiro atoms. The average molecular weight is 1660 g/mol. The van der Waals surface area contributed by atoms with Gasteiger partial charge in [0.25, 0.3) is 23.6 Å². The number of ether oxygens (including phenoxy) is 3. The molecule has 0 unspecified atom stereocenters. The van der Waals surface area contributed by atoms with Crippen LogP contribution >= 0.6 is 34.0 Å². The molecule has 0 radical (unpaired) electrons. The van der Waals surface area contributed by atoms with Crippen LogP contribution in [0.15, 0.2) is 160 Å². The number of carbonyl (C=O) groups is 7. The number of nitrogens with zero attached hydrogens (tertiary/aromatic N) is 4. The van der Waals surface area contributed by atoms with Crippen LogP contribution in [0.3, 0.4) is 0 Å². The van der Waals surface area contributed by atoms with Crippen molar-refractivity contribution >= 4 is 133 Å². The minimum Gasteiger partial charge on any atom is -0.478 e. The molecule has 0 atom stereocenters. The number of carbonyl (C=O) groups excluding carboxylic acids is 6. The van der Waals surface area contributed by atoms with E-state index in [0.29, 0.717) is 103 Å². The smallest absolute Gasteiger partial charge is 0.420 e. The van der Waals surface area contributed by atoms with E-state index in [1.807, 2.05) is 41.5 Å². The fourth-order valence-electron chi connectivity index (χ4n) is 9.92. The summed E-state index contributed by atoms with van der Waals surface area (Å²) in [4.78, 5) is 127. The van der Waals surface area contributed by atoms with Crippen molar-refractivity contribution in [2.75, 3.05) is 97.3 Å². The molecule has 8 amide bonds. The van der Waals surface area contributed by atoms with Crippen LogP contribution in [0, 0.1) is 0 Å². The van der Waals surface area contributed by atoms with E-state index in [9.17, 15) is 65.1 Å². The minimum atomic E-state index is -3.14. The van der Waals surface area contributed by atoms with Crippen molar-refractivity contribution in [2.45, 2.75) is 78.6 Å². The highest BCUT2D eigenvalue weighted by atomic mass is 32.2. The average Bonchev–Trinajstić information content (AvgIpc) is 1.67. The van der Waals surface area contributed by atoms with E-state index < -0.39 is 49.1 Å². The number of H-pyrrole nitrogens is 1. The van der Waals surface area contributed by atoms with E-state index in [2.05, 4.69) is 87.7 Å². The first-order valence-corrected chi connectivity index (χ1v) is 41.2. The van der Waals surface area contributed by atoms with Crippen LogP contribution in [-0.4, -0.2) is 159 Å². The Morgan fingerprint density at radius 2 is 0.860 bits per heavy atom. The van der Waals surface area contributed by atoms with Gasteiger partial charge < -0.3 is 66.3 Å². The summed E-state index contributed by atoms with van der Waals surface area (Å²) in [5, 5.41) is 31.9. The van der Waals surface area contributed by atoms with Gasteiger partial charge in [-0.15, -0.1) is 34.0 Å². The van der Waals surface area contributed by atoms with Gasteiger partial charge in [0.15, 0.2) is 19.7 Å². The van der Waals surface area contributed by atoms with Gasteiger partial charge in [0.05, 0.1) is 39.5 Å². The van der Waals surface area contributed by atoms with Gasteiger partial charge in [0.2, 0.25) is 0 Å². The standard InChI is InChI=1S/C27H31N5O6S2.C23H24N4O5S.C13H13N3O2.C10H11NO3S.C4H9NO2S/c1-27(2,3)22-16-20(25(34)32-11-13-40(36,37)14-12-32)24(39-22)31-26(35)30-17-5-7-18(8-6-17)38-19-9-10-29-21(15-19)23(33)28-4;1-23(2,3)18-12-16(21(29)30)20(33-18)27-22(31)26-13-5-7-14(8-6-13)32-15-9-10-25-17(11-15)19(28)24-4;1-15-13(17)12-8-11(6-7-16-12)18-10-4-2-9(14)3-5-10;1-10(2,3)6-4-5-7(15-6)11-9(13)14-8(5)12;6-8(7)3-1-5-2-4-8/h5-10,15-16H,11-14H2,1-4H3,(H,28,33)(H2,30,31,35);5-12H,1-4H3,(H,24,28)(H,29,30)(H2,26,27,31);2-8H,14H2,1H3,(H,15,17);4H,1-3H3,(H,11,13);5H,1-4H2. The molecule has 2 saturated heterocycles. The van der Waals surface area contributed by atoms with Crippen LogP contribution in [0.2, 0.25) is 0 Å². The molecule has 12 rings (SSSR count). The summed E-state index contributed by atoms with van der Waals surface area (Å²) >= 11 is 3.97. The minimum absolute atomic E-state index is 0.0347. The lowest BCUT2D eigenvalue weighted by Gasteiger charge is -2.26. The van der Waals surface area contributed by atoms with Gasteiger partial charge in [-0.2, -0.15) is 0 Å². The number of fused-ring (bicyclic) bond motifs is 1. The third-order valence-electron chi connectivity index (χ3n) is 16.1. The van der Waals surface area contributed by atoms with Gasteiger partial charge in [-0.25, -0.2) is 40.8 Å². The van der Waals surface area contributed by atoms with E-state index in [1.54, 1.807) is 122 Å². The molecule has 0 bridgehead atoms. The number of hydrogen-bond acceptors (Lipinski definition) is 25. The number of aromatic nitrogens is 4. The van der Waals surface area contributed by atoms with Crippen molar-refractivity contribution in [3.8, 4) is 34.5 Å². The molecule has 2 fully saturated rings. The summed E-state index contributed by atoms with van der Waals surface area (Å²) in [5.41, 5.74) is 7.29. The molecule has 2 aliphatic rings. The van der Waals surface area contributed by atoms with Crippen LogP contribution in [0.1, 0.15) is 129 Å². The maximum Gasteiger partial charge on any atom is 0.420 e. The number of carboxylic acids is 1. The number of sulfone groups is 2. The van der Waals surface area contributed by atoms with Crippen LogP contribution in [0.4, 0.5) is 36.7 Å². The summed E-state index contributed by atoms with van der Waals surface area (Å²) in [6.45, 7) is 19.6. The first-order valence-electron chi connectivity index (χ1n) is 35.1. The molecule has 114 heavy (non-hydrogen) atoms. The Kier molecular flexibility index (Phi) is 29.7. The van der Waals surface area contributed by atoms with E-state index in [4.69, 9.17) is 19.9 Å². The highest BCUT2D eigenvalue weighted by molar-refractivity contribution is 7.91. The number of carboxylic acid groups (broad SMARTS) is 1. The molecule has 3 aromatic carbocycles. The first kappa shape index (κ1) is 87.7. The molecule has 0 saturated carbocycles. The van der Waals surface area contributed by atoms with Gasteiger partial charge in [-0.05, 0) is 125 Å². The summed E-state index contributed by atoms with van der Waals surface area (Å²) in [5.74, 6) is 0.521. The molecule has 9 heterocycles. The number of pyridine rings is 3. The quantitative estimate of drug-likeness (QED) is 0.0425. The fourth-order valence-corrected chi connectivity index (χ4v) is 15.5. The Bertz CT molecular complexity index is 5450. The number of benzene rings is 3. The predicted molar refractivity (Wildman–Crippen MR) is 441 cm³/mol. The second-order valence-electron chi connectivity index (χ2n) is 28.2. The van der Waals surface area contributed by atoms with E-state index in [0.717, 1.165) is 14.6 Å². The molecule has 12 N–H and O–H groups in total. The summed E-state index contributed by atoms with van der Waals surface area (Å²) in [6.07, 6.45) is 4.47. The number of aromatic amines is 1. The Balaban J connectivity index is 0.000000195. The lowest BCUT2D eigenvalue weighted by Crippen LogP contribution is -2.43. The lowest BCUT2D eigenvalue weighted by atomic mass is 9.94. The van der Waals surface area contributed by atoms with Crippen LogP contribution in [0.5, 0.6) is 34.5 Å². The number of amides is 8. The zero-order valence-corrected chi connectivity index (χ0v) is 68.4. The highest BCUT2D eigenvalue weighted by Crippen LogP contribution is 2.39. The number of nitrogen functional groups attached to an aromatic ring is 1. The molecule has 604 valence electrons. The van der Waals surface area contributed by atoms with E-state index in [1.165, 1.54) is 83.7 Å². The SMILES string of the molecule is CC(C)(C)c1cc2c(=O)oc(=O)[nH]c2s1.CNC(=O)c1cc(Oc2ccc(N)cc2)ccn1.CNC(=O)c1cc(Oc2ccc(NC(=O)Nc3sc(C(C)(C)C)cc3C(=O)N3CCS(=O)(=O)CC3)cc2)ccn1.CNC(=O)c1cc(Oc2ccc(NC(=O)Nc3sc(C(C)(C)C)cc3C(=O)O)cc2)ccn1.O=S1(=O)CCNCC1. The number of thiophene rings is 3. The number of aromatic carboxylic acids is 1. The molecule has 10 aromatic rings. The van der Waals surface area contributed by atoms with Gasteiger partial charge >= 0.3 is 29.4 Å². The van der Waals surface area contributed by atoms with Crippen LogP contribution in [0.25, 0.3) is 10.2 Å². The number of urea groups is 2. The molecule has 37 heteroatoms. The Hall–Kier alpha value is -11.9. The third kappa shape index (κ3) is 26.1. The van der Waals surface area contributed by atoms with Crippen LogP contribution in [-0.2, 0) is 35.9 Å². The maximum absolute atomic E-state index is 13.3. The van der Waals surface area contributed by atoms with E-state index >= 15 is 0 Å². The molecular formula is C77H88N14O18S5. The Morgan fingerprint density at radius 3 is 1.23 bits per heavy atom. The van der Waals surface area contributed by atoms with Gasteiger partial charge in [-0.1, -0.05) is 62.3 Å². The number of hydrogen-bond donors (Lipinski definition) is 11. The van der Waals surface area contributed by atoms with E-state index in [-0.39, 0.29) is 86.4 Å². The Labute approximate surface area is 668 Å². The molecular weight excluding hydrogens is 1570 g/mol. The summed E-state index contributed by atoms with van der Waals surface area (Å²) in [6, 6.07) is 33.8. The first-order chi connectivity index (χ1) is 53.7. The van der Waals surface area contributed by atoms with Crippen LogP contribution < -0.4 is 73.9 Å². The Morgan fingerprint density at radius 1 is 0.491 bits per heavy atom. The molecule has 32 nitrogen and oxygen atoms in total. The molecule has 0 aliphatic carbocycles. The zero-order valence-electron chi connectivity index (χ0n) is 64.3.